The number of nitrogens with one attached hydrogen (secondary N) is 1. The molecule has 0 radical (unpaired) electrons. The zero-order valence-corrected chi connectivity index (χ0v) is 35.4. The van der Waals surface area contributed by atoms with Crippen molar-refractivity contribution in [3.8, 4) is 0 Å². The van der Waals surface area contributed by atoms with E-state index in [0.717, 1.165) is 51.4 Å². The summed E-state index contributed by atoms with van der Waals surface area (Å²) in [5.41, 5.74) is 0. The average molecular weight is 822 g/mol. The van der Waals surface area contributed by atoms with Crippen LogP contribution in [-0.4, -0.2) is 108 Å². The molecule has 1 saturated carbocycles. The number of aliphatic hydroxyl groups excluding tert-OH is 7. The summed E-state index contributed by atoms with van der Waals surface area (Å²) in [5.74, 6) is -0.577. The molecule has 330 valence electrons. The van der Waals surface area contributed by atoms with E-state index in [2.05, 4.69) is 36.5 Å². The molecule has 1 aliphatic rings. The third-order valence-corrected chi connectivity index (χ3v) is 11.6. The summed E-state index contributed by atoms with van der Waals surface area (Å²) in [5, 5.41) is 73.6. The van der Waals surface area contributed by atoms with Gasteiger partial charge < -0.3 is 46.0 Å². The van der Waals surface area contributed by atoms with E-state index < -0.39 is 75.2 Å². The zero-order valence-electron chi connectivity index (χ0n) is 34.5. The van der Waals surface area contributed by atoms with Crippen LogP contribution in [0.2, 0.25) is 0 Å². The number of phosphoric ester groups is 1. The van der Waals surface area contributed by atoms with Gasteiger partial charge in [0.15, 0.2) is 0 Å². The first-order chi connectivity index (χ1) is 26.8. The molecule has 1 rings (SSSR count). The Balaban J connectivity index is 2.26. The van der Waals surface area contributed by atoms with Crippen molar-refractivity contribution in [2.24, 2.45) is 0 Å². The Morgan fingerprint density at radius 3 is 1.57 bits per heavy atom. The lowest BCUT2D eigenvalue weighted by atomic mass is 9.85. The van der Waals surface area contributed by atoms with E-state index in [1.165, 1.54) is 83.5 Å². The van der Waals surface area contributed by atoms with Crippen LogP contribution in [0.4, 0.5) is 0 Å². The molecule has 9 N–H and O–H groups in total. The van der Waals surface area contributed by atoms with Gasteiger partial charge in [-0.15, -0.1) is 0 Å². The van der Waals surface area contributed by atoms with Crippen molar-refractivity contribution < 1.29 is 59.0 Å². The molecule has 0 heterocycles. The van der Waals surface area contributed by atoms with Gasteiger partial charge in [-0.05, 0) is 44.9 Å². The van der Waals surface area contributed by atoms with Gasteiger partial charge in [0.2, 0.25) is 5.91 Å². The van der Waals surface area contributed by atoms with Gasteiger partial charge >= 0.3 is 7.82 Å². The lowest BCUT2D eigenvalue weighted by molar-refractivity contribution is -0.220. The van der Waals surface area contributed by atoms with Crippen molar-refractivity contribution in [3.63, 3.8) is 0 Å². The number of amides is 1. The highest BCUT2D eigenvalue weighted by Crippen LogP contribution is 2.47. The van der Waals surface area contributed by atoms with E-state index in [-0.39, 0.29) is 12.8 Å². The summed E-state index contributed by atoms with van der Waals surface area (Å²) in [7, 11) is -5.09. The molecule has 56 heavy (non-hydrogen) atoms. The maximum atomic E-state index is 12.8. The quantitative estimate of drug-likeness (QED) is 0.0192. The zero-order chi connectivity index (χ0) is 41.6. The number of phosphoric acid groups is 1. The molecule has 1 aliphatic carbocycles. The fourth-order valence-electron chi connectivity index (χ4n) is 6.92. The van der Waals surface area contributed by atoms with Crippen LogP contribution in [0, 0.1) is 0 Å². The smallest absolute Gasteiger partial charge is 0.393 e. The van der Waals surface area contributed by atoms with Gasteiger partial charge in [-0.25, -0.2) is 4.57 Å². The first-order valence-electron chi connectivity index (χ1n) is 21.9. The van der Waals surface area contributed by atoms with E-state index in [0.29, 0.717) is 12.8 Å². The maximum absolute atomic E-state index is 12.8. The molecule has 13 nitrogen and oxygen atoms in total. The topological polar surface area (TPSA) is 226 Å². The lowest BCUT2D eigenvalue weighted by Crippen LogP contribution is -2.64. The van der Waals surface area contributed by atoms with Crippen LogP contribution in [0.15, 0.2) is 24.3 Å². The van der Waals surface area contributed by atoms with Gasteiger partial charge in [-0.1, -0.05) is 147 Å². The molecule has 8 atom stereocenters. The van der Waals surface area contributed by atoms with Gasteiger partial charge in [0.1, 0.15) is 36.6 Å². The first-order valence-corrected chi connectivity index (χ1v) is 23.4. The molecule has 14 heteroatoms. The SMILES string of the molecule is CCCCCCCCCCC/C=C\C/C=C\CCCCCCCCCC(O)CC(=O)NC(COP(=O)(O)OC1C(O)C(O)C(O)C(O)C1O)C(O)CCCCC. The van der Waals surface area contributed by atoms with E-state index in [9.17, 15) is 50.0 Å². The molecule has 0 aromatic rings. The number of carbonyl (C=O) groups excluding carboxylic acids is 1. The number of aliphatic hydroxyl groups is 7. The van der Waals surface area contributed by atoms with Gasteiger partial charge in [0.25, 0.3) is 0 Å². The van der Waals surface area contributed by atoms with Crippen LogP contribution in [-0.2, 0) is 18.4 Å². The number of rotatable bonds is 35. The normalized spacial score (nSPS) is 24.4. The highest BCUT2D eigenvalue weighted by molar-refractivity contribution is 7.47. The van der Waals surface area contributed by atoms with E-state index in [1.807, 2.05) is 6.92 Å². The number of hydrogen-bond donors (Lipinski definition) is 9. The average Bonchev–Trinajstić information content (AvgIpc) is 3.16. The summed E-state index contributed by atoms with van der Waals surface area (Å²) in [6.45, 7) is 3.55. The van der Waals surface area contributed by atoms with Crippen LogP contribution in [0.5, 0.6) is 0 Å². The largest absolute Gasteiger partial charge is 0.472 e. The fourth-order valence-corrected chi connectivity index (χ4v) is 7.89. The summed E-state index contributed by atoms with van der Waals surface area (Å²) >= 11 is 0. The summed E-state index contributed by atoms with van der Waals surface area (Å²) in [6, 6.07) is -1.15. The molecule has 8 unspecified atom stereocenters. The standard InChI is InChI=1S/C42H80NO12P/c1-3-5-7-8-9-10-11-12-13-14-15-16-17-18-19-20-21-22-23-24-25-26-28-29-33(44)31-36(46)43-34(35(45)30-27-6-4-2)32-54-56(52,53)55-42-40(50)38(48)37(47)39(49)41(42)51/h15-16,18-19,33-35,37-42,44-45,47-51H,3-14,17,20-32H2,1-2H3,(H,43,46)(H,52,53)/b16-15-,19-18-. The van der Waals surface area contributed by atoms with Crippen LogP contribution in [0.1, 0.15) is 174 Å². The number of allylic oxidation sites excluding steroid dienone is 4. The number of carbonyl (C=O) groups is 1. The van der Waals surface area contributed by atoms with Crippen LogP contribution >= 0.6 is 7.82 Å². The summed E-state index contributed by atoms with van der Waals surface area (Å²) in [6.07, 6.45) is 20.9. The fraction of sp³-hybridized carbons (Fsp3) is 0.881. The molecule has 0 bridgehead atoms. The summed E-state index contributed by atoms with van der Waals surface area (Å²) < 4.78 is 22.6. The Morgan fingerprint density at radius 2 is 1.05 bits per heavy atom. The summed E-state index contributed by atoms with van der Waals surface area (Å²) in [4.78, 5) is 23.1. The minimum absolute atomic E-state index is 0.230. The van der Waals surface area contributed by atoms with E-state index in [4.69, 9.17) is 9.05 Å². The van der Waals surface area contributed by atoms with Crippen LogP contribution in [0.25, 0.3) is 0 Å². The third-order valence-electron chi connectivity index (χ3n) is 10.6. The monoisotopic (exact) mass is 822 g/mol. The number of unbranched alkanes of at least 4 members (excludes halogenated alkanes) is 18. The highest BCUT2D eigenvalue weighted by Gasteiger charge is 2.51. The predicted molar refractivity (Wildman–Crippen MR) is 220 cm³/mol. The van der Waals surface area contributed by atoms with E-state index >= 15 is 0 Å². The Labute approximate surface area is 337 Å². The van der Waals surface area contributed by atoms with Gasteiger partial charge in [-0.3, -0.25) is 13.8 Å². The second kappa shape index (κ2) is 32.6. The third kappa shape index (κ3) is 24.6. The second-order valence-corrected chi connectivity index (χ2v) is 17.1. The molecule has 0 aromatic heterocycles. The van der Waals surface area contributed by atoms with Crippen molar-refractivity contribution in [2.75, 3.05) is 6.61 Å². The Kier molecular flexibility index (Phi) is 30.7. The molecular weight excluding hydrogens is 741 g/mol. The van der Waals surface area contributed by atoms with Crippen LogP contribution in [0.3, 0.4) is 0 Å². The van der Waals surface area contributed by atoms with Crippen molar-refractivity contribution in [2.45, 2.75) is 229 Å². The predicted octanol–water partition coefficient (Wildman–Crippen LogP) is 6.42. The van der Waals surface area contributed by atoms with Crippen molar-refractivity contribution >= 4 is 13.7 Å². The lowest BCUT2D eigenvalue weighted by Gasteiger charge is -2.41. The minimum Gasteiger partial charge on any atom is -0.393 e. The Bertz CT molecular complexity index is 1060. The molecule has 1 amide bonds. The number of hydrogen-bond acceptors (Lipinski definition) is 11. The Morgan fingerprint density at radius 1 is 0.625 bits per heavy atom. The molecule has 0 aliphatic heterocycles. The van der Waals surface area contributed by atoms with Gasteiger partial charge in [-0.2, -0.15) is 0 Å². The highest BCUT2D eigenvalue weighted by atomic mass is 31.2. The second-order valence-electron chi connectivity index (χ2n) is 15.7. The van der Waals surface area contributed by atoms with Gasteiger partial charge in [0.05, 0.1) is 31.3 Å². The molecular formula is C42H80NO12P. The van der Waals surface area contributed by atoms with Gasteiger partial charge in [0, 0.05) is 0 Å². The van der Waals surface area contributed by atoms with Crippen molar-refractivity contribution in [1.29, 1.82) is 0 Å². The molecule has 0 spiro atoms. The molecule has 1 fully saturated rings. The van der Waals surface area contributed by atoms with Crippen molar-refractivity contribution in [1.82, 2.24) is 5.32 Å². The minimum atomic E-state index is -5.09. The Hall–Kier alpha value is -1.22. The molecule has 0 aromatic carbocycles. The molecule has 0 saturated heterocycles. The van der Waals surface area contributed by atoms with Crippen LogP contribution < -0.4 is 5.32 Å². The van der Waals surface area contributed by atoms with E-state index in [1.54, 1.807) is 0 Å². The maximum Gasteiger partial charge on any atom is 0.472 e. The van der Waals surface area contributed by atoms with Crippen molar-refractivity contribution in [3.05, 3.63) is 24.3 Å². The first kappa shape index (κ1) is 52.8.